The molecule has 86 valence electrons. The molecule has 0 aliphatic heterocycles. The molecule has 0 amide bonds. The van der Waals surface area contributed by atoms with Crippen LogP contribution in [-0.2, 0) is 0 Å². The highest BCUT2D eigenvalue weighted by Gasteiger charge is 2.20. The SMILES string of the molecule is Cc1cccnc1C(N=O)c1ncccc1C. The highest BCUT2D eigenvalue weighted by Crippen LogP contribution is 2.26. The standard InChI is InChI=1S/C13H13N3O/c1-9-5-3-7-14-11(9)13(16-17)12-10(2)6-4-8-15-12/h3-8,13H,1-2H3. The van der Waals surface area contributed by atoms with E-state index in [1.165, 1.54) is 0 Å². The minimum atomic E-state index is -0.627. The van der Waals surface area contributed by atoms with Crippen LogP contribution in [0.4, 0.5) is 0 Å². The van der Waals surface area contributed by atoms with Crippen LogP contribution in [0.1, 0.15) is 28.6 Å². The van der Waals surface area contributed by atoms with Gasteiger partial charge in [0.15, 0.2) is 6.04 Å². The third kappa shape index (κ3) is 2.20. The van der Waals surface area contributed by atoms with E-state index < -0.39 is 6.04 Å². The van der Waals surface area contributed by atoms with Gasteiger partial charge in [0.05, 0.1) is 11.4 Å². The molecule has 17 heavy (non-hydrogen) atoms. The van der Waals surface area contributed by atoms with Gasteiger partial charge in [-0.05, 0) is 37.1 Å². The van der Waals surface area contributed by atoms with Crippen molar-refractivity contribution in [2.45, 2.75) is 19.9 Å². The molecule has 0 N–H and O–H groups in total. The monoisotopic (exact) mass is 227 g/mol. The van der Waals surface area contributed by atoms with Gasteiger partial charge in [-0.3, -0.25) is 9.97 Å². The van der Waals surface area contributed by atoms with Crippen molar-refractivity contribution >= 4 is 0 Å². The quantitative estimate of drug-likeness (QED) is 0.757. The topological polar surface area (TPSA) is 55.2 Å². The number of nitroso groups, excluding NO2 is 1. The molecule has 4 heteroatoms. The third-order valence-corrected chi connectivity index (χ3v) is 2.72. The minimum absolute atomic E-state index is 0.627. The van der Waals surface area contributed by atoms with Crippen molar-refractivity contribution in [2.75, 3.05) is 0 Å². The maximum Gasteiger partial charge on any atom is 0.176 e. The number of rotatable bonds is 3. The van der Waals surface area contributed by atoms with E-state index in [2.05, 4.69) is 15.1 Å². The van der Waals surface area contributed by atoms with Crippen LogP contribution in [0.3, 0.4) is 0 Å². The molecule has 0 saturated carbocycles. The van der Waals surface area contributed by atoms with E-state index in [0.29, 0.717) is 11.4 Å². The fourth-order valence-corrected chi connectivity index (χ4v) is 1.80. The van der Waals surface area contributed by atoms with Gasteiger partial charge >= 0.3 is 0 Å². The lowest BCUT2D eigenvalue weighted by molar-refractivity contribution is 0.772. The van der Waals surface area contributed by atoms with Crippen LogP contribution in [0.5, 0.6) is 0 Å². The smallest absolute Gasteiger partial charge is 0.176 e. The molecule has 0 radical (unpaired) electrons. The summed E-state index contributed by atoms with van der Waals surface area (Å²) in [6, 6.07) is 6.88. The van der Waals surface area contributed by atoms with Gasteiger partial charge in [0.1, 0.15) is 0 Å². The molecule has 2 aromatic rings. The molecule has 0 atom stereocenters. The van der Waals surface area contributed by atoms with Gasteiger partial charge in [0, 0.05) is 12.4 Å². The van der Waals surface area contributed by atoms with Crippen molar-refractivity contribution in [3.8, 4) is 0 Å². The maximum absolute atomic E-state index is 11.1. The Morgan fingerprint density at radius 2 is 1.47 bits per heavy atom. The van der Waals surface area contributed by atoms with Crippen molar-refractivity contribution in [1.29, 1.82) is 0 Å². The van der Waals surface area contributed by atoms with Gasteiger partial charge in [-0.25, -0.2) is 0 Å². The molecule has 0 unspecified atom stereocenters. The van der Waals surface area contributed by atoms with Crippen molar-refractivity contribution in [3.63, 3.8) is 0 Å². The third-order valence-electron chi connectivity index (χ3n) is 2.72. The van der Waals surface area contributed by atoms with Crippen LogP contribution >= 0.6 is 0 Å². The summed E-state index contributed by atoms with van der Waals surface area (Å²) in [5.41, 5.74) is 3.23. The normalized spacial score (nSPS) is 10.5. The Morgan fingerprint density at radius 3 is 1.82 bits per heavy atom. The molecule has 0 aliphatic rings. The van der Waals surface area contributed by atoms with E-state index in [-0.39, 0.29) is 0 Å². The maximum atomic E-state index is 11.1. The van der Waals surface area contributed by atoms with Crippen LogP contribution in [0, 0.1) is 18.8 Å². The predicted octanol–water partition coefficient (Wildman–Crippen LogP) is 2.95. The molecular weight excluding hydrogens is 214 g/mol. The Kier molecular flexibility index (Phi) is 3.23. The van der Waals surface area contributed by atoms with Crippen LogP contribution in [0.2, 0.25) is 0 Å². The Morgan fingerprint density at radius 1 is 1.00 bits per heavy atom. The summed E-state index contributed by atoms with van der Waals surface area (Å²) in [6.45, 7) is 3.83. The van der Waals surface area contributed by atoms with Crippen LogP contribution < -0.4 is 0 Å². The molecule has 0 aromatic carbocycles. The van der Waals surface area contributed by atoms with Gasteiger partial charge in [-0.15, -0.1) is 4.91 Å². The first-order chi connectivity index (χ1) is 8.24. The molecule has 2 heterocycles. The summed E-state index contributed by atoms with van der Waals surface area (Å²) in [7, 11) is 0. The Labute approximate surface area is 99.7 Å². The van der Waals surface area contributed by atoms with Gasteiger partial charge in [0.2, 0.25) is 0 Å². The zero-order valence-electron chi connectivity index (χ0n) is 9.79. The Balaban J connectivity index is 2.52. The number of aromatic nitrogens is 2. The number of nitrogens with zero attached hydrogens (tertiary/aromatic N) is 3. The van der Waals surface area contributed by atoms with Crippen molar-refractivity contribution < 1.29 is 0 Å². The highest BCUT2D eigenvalue weighted by molar-refractivity contribution is 5.32. The summed E-state index contributed by atoms with van der Waals surface area (Å²) < 4.78 is 0. The Bertz CT molecular complexity index is 494. The van der Waals surface area contributed by atoms with Crippen LogP contribution in [-0.4, -0.2) is 9.97 Å². The van der Waals surface area contributed by atoms with Crippen LogP contribution in [0.25, 0.3) is 0 Å². The predicted molar refractivity (Wildman–Crippen MR) is 65.6 cm³/mol. The zero-order valence-corrected chi connectivity index (χ0v) is 9.79. The second-order valence-electron chi connectivity index (χ2n) is 3.92. The first-order valence-corrected chi connectivity index (χ1v) is 5.39. The molecule has 0 saturated heterocycles. The number of hydrogen-bond acceptors (Lipinski definition) is 4. The second kappa shape index (κ2) is 4.82. The molecule has 0 bridgehead atoms. The average molecular weight is 227 g/mol. The lowest BCUT2D eigenvalue weighted by atomic mass is 10.0. The minimum Gasteiger partial charge on any atom is -0.258 e. The first kappa shape index (κ1) is 11.4. The molecule has 2 aromatic heterocycles. The van der Waals surface area contributed by atoms with Crippen LogP contribution in [0.15, 0.2) is 41.8 Å². The fraction of sp³-hybridized carbons (Fsp3) is 0.231. The first-order valence-electron chi connectivity index (χ1n) is 5.39. The summed E-state index contributed by atoms with van der Waals surface area (Å²) in [5, 5.41) is 3.18. The van der Waals surface area contributed by atoms with E-state index in [0.717, 1.165) is 11.1 Å². The van der Waals surface area contributed by atoms with E-state index in [4.69, 9.17) is 0 Å². The fourth-order valence-electron chi connectivity index (χ4n) is 1.80. The molecule has 0 aliphatic carbocycles. The van der Waals surface area contributed by atoms with Gasteiger partial charge in [-0.2, -0.15) is 0 Å². The highest BCUT2D eigenvalue weighted by atomic mass is 16.3. The molecule has 2 rings (SSSR count). The van der Waals surface area contributed by atoms with Gasteiger partial charge < -0.3 is 0 Å². The second-order valence-corrected chi connectivity index (χ2v) is 3.92. The lowest BCUT2D eigenvalue weighted by Gasteiger charge is -2.12. The number of hydrogen-bond donors (Lipinski definition) is 0. The van der Waals surface area contributed by atoms with Crippen molar-refractivity contribution in [1.82, 2.24) is 9.97 Å². The molecule has 0 spiro atoms. The summed E-state index contributed by atoms with van der Waals surface area (Å²) in [6.07, 6.45) is 3.33. The largest absolute Gasteiger partial charge is 0.258 e. The summed E-state index contributed by atoms with van der Waals surface area (Å²) in [4.78, 5) is 19.5. The van der Waals surface area contributed by atoms with E-state index in [1.807, 2.05) is 38.1 Å². The van der Waals surface area contributed by atoms with Gasteiger partial charge in [-0.1, -0.05) is 17.3 Å². The lowest BCUT2D eigenvalue weighted by Crippen LogP contribution is -2.06. The van der Waals surface area contributed by atoms with E-state index >= 15 is 0 Å². The average Bonchev–Trinajstić information content (AvgIpc) is 2.34. The van der Waals surface area contributed by atoms with E-state index in [9.17, 15) is 4.91 Å². The molecule has 4 nitrogen and oxygen atoms in total. The Hall–Kier alpha value is -2.10. The van der Waals surface area contributed by atoms with Crippen molar-refractivity contribution in [2.24, 2.45) is 5.18 Å². The number of aryl methyl sites for hydroxylation is 2. The zero-order chi connectivity index (χ0) is 12.3. The number of pyridine rings is 2. The van der Waals surface area contributed by atoms with Crippen molar-refractivity contribution in [3.05, 3.63) is 64.1 Å². The van der Waals surface area contributed by atoms with Gasteiger partial charge in [0.25, 0.3) is 0 Å². The summed E-state index contributed by atoms with van der Waals surface area (Å²) >= 11 is 0. The molecular formula is C13H13N3O. The molecule has 0 fully saturated rings. The summed E-state index contributed by atoms with van der Waals surface area (Å²) in [5.74, 6) is 0. The van der Waals surface area contributed by atoms with E-state index in [1.54, 1.807) is 12.4 Å².